The Kier molecular flexibility index (Phi) is 5.27. The minimum Gasteiger partial charge on any atom is -0.207 e. The Hall–Kier alpha value is -1.47. The van der Waals surface area contributed by atoms with Crippen molar-refractivity contribution in [1.82, 2.24) is 4.72 Å². The zero-order valence-electron chi connectivity index (χ0n) is 12.4. The summed E-state index contributed by atoms with van der Waals surface area (Å²) in [6, 6.07) is 16.4. The molecule has 1 atom stereocenters. The minimum absolute atomic E-state index is 0.206. The van der Waals surface area contributed by atoms with Gasteiger partial charge in [0.1, 0.15) is 0 Å². The van der Waals surface area contributed by atoms with Gasteiger partial charge in [0.25, 0.3) is 0 Å². The van der Waals surface area contributed by atoms with Crippen LogP contribution in [0.4, 0.5) is 0 Å². The van der Waals surface area contributed by atoms with Crippen LogP contribution in [-0.4, -0.2) is 8.42 Å². The lowest BCUT2D eigenvalue weighted by Crippen LogP contribution is -2.28. The Bertz CT molecular complexity index is 810. The molecular weight excluding hydrogens is 346 g/mol. The molecule has 23 heavy (non-hydrogen) atoms. The zero-order valence-corrected chi connectivity index (χ0v) is 14.8. The van der Waals surface area contributed by atoms with E-state index in [0.717, 1.165) is 17.7 Å². The fourth-order valence-corrected chi connectivity index (χ4v) is 5.23. The number of rotatable bonds is 7. The summed E-state index contributed by atoms with van der Waals surface area (Å²) in [6.45, 7) is 0. The zero-order chi connectivity index (χ0) is 16.1. The van der Waals surface area contributed by atoms with Gasteiger partial charge >= 0.3 is 0 Å². The van der Waals surface area contributed by atoms with E-state index < -0.39 is 10.0 Å². The SMILES string of the molecule is O=S(=O)(NC(CCc1cccs1)c1cccs1)c1ccccc1. The van der Waals surface area contributed by atoms with Crippen molar-refractivity contribution in [2.24, 2.45) is 0 Å². The standard InChI is InChI=1S/C17H17NO2S3/c19-23(20,15-7-2-1-3-8-15)18-16(17-9-5-13-22-17)11-10-14-6-4-12-21-14/h1-9,12-13,16,18H,10-11H2. The average Bonchev–Trinajstić information content (AvgIpc) is 3.26. The Balaban J connectivity index is 1.78. The molecule has 0 radical (unpaired) electrons. The van der Waals surface area contributed by atoms with Crippen LogP contribution in [0.3, 0.4) is 0 Å². The smallest absolute Gasteiger partial charge is 0.207 e. The molecule has 1 unspecified atom stereocenters. The molecule has 3 aromatic rings. The Labute approximate surface area is 144 Å². The molecule has 0 saturated carbocycles. The summed E-state index contributed by atoms with van der Waals surface area (Å²) in [4.78, 5) is 2.62. The molecule has 3 nitrogen and oxygen atoms in total. The van der Waals surface area contributed by atoms with Crippen LogP contribution in [0.15, 0.2) is 70.3 Å². The third kappa shape index (κ3) is 4.29. The first kappa shape index (κ1) is 16.4. The van der Waals surface area contributed by atoms with Crippen LogP contribution in [0, 0.1) is 0 Å². The maximum atomic E-state index is 12.6. The Morgan fingerprint density at radius 1 is 0.913 bits per heavy atom. The van der Waals surface area contributed by atoms with E-state index in [1.165, 1.54) is 4.88 Å². The van der Waals surface area contributed by atoms with E-state index in [-0.39, 0.29) is 6.04 Å². The molecule has 6 heteroatoms. The first-order valence-electron chi connectivity index (χ1n) is 7.28. The predicted molar refractivity (Wildman–Crippen MR) is 96.5 cm³/mol. The number of hydrogen-bond donors (Lipinski definition) is 1. The van der Waals surface area contributed by atoms with Gasteiger partial charge in [-0.25, -0.2) is 13.1 Å². The van der Waals surface area contributed by atoms with Crippen molar-refractivity contribution in [3.8, 4) is 0 Å². The van der Waals surface area contributed by atoms with Crippen LogP contribution >= 0.6 is 22.7 Å². The second-order valence-corrected chi connectivity index (χ2v) is 8.85. The highest BCUT2D eigenvalue weighted by molar-refractivity contribution is 7.89. The van der Waals surface area contributed by atoms with Gasteiger partial charge < -0.3 is 0 Å². The van der Waals surface area contributed by atoms with Crippen molar-refractivity contribution in [2.75, 3.05) is 0 Å². The maximum Gasteiger partial charge on any atom is 0.241 e. The highest BCUT2D eigenvalue weighted by Crippen LogP contribution is 2.26. The van der Waals surface area contributed by atoms with Crippen molar-refractivity contribution < 1.29 is 8.42 Å². The second-order valence-electron chi connectivity index (χ2n) is 5.12. The number of sulfonamides is 1. The molecular formula is C17H17NO2S3. The van der Waals surface area contributed by atoms with Crippen LogP contribution in [0.5, 0.6) is 0 Å². The first-order chi connectivity index (χ1) is 11.1. The van der Waals surface area contributed by atoms with Gasteiger partial charge in [-0.05, 0) is 47.9 Å². The van der Waals surface area contributed by atoms with Crippen molar-refractivity contribution in [3.63, 3.8) is 0 Å². The number of thiophene rings is 2. The number of aryl methyl sites for hydroxylation is 1. The van der Waals surface area contributed by atoms with Gasteiger partial charge in [-0.2, -0.15) is 0 Å². The normalized spacial score (nSPS) is 13.0. The summed E-state index contributed by atoms with van der Waals surface area (Å²) >= 11 is 3.28. The van der Waals surface area contributed by atoms with E-state index in [2.05, 4.69) is 10.8 Å². The van der Waals surface area contributed by atoms with Crippen molar-refractivity contribution >= 4 is 32.7 Å². The fourth-order valence-electron chi connectivity index (χ4n) is 2.35. The monoisotopic (exact) mass is 363 g/mol. The van der Waals surface area contributed by atoms with E-state index in [1.54, 1.807) is 46.9 Å². The number of hydrogen-bond acceptors (Lipinski definition) is 4. The summed E-state index contributed by atoms with van der Waals surface area (Å²) < 4.78 is 28.1. The molecule has 0 aliphatic heterocycles. The highest BCUT2D eigenvalue weighted by atomic mass is 32.2. The summed E-state index contributed by atoms with van der Waals surface area (Å²) in [6.07, 6.45) is 1.60. The van der Waals surface area contributed by atoms with E-state index >= 15 is 0 Å². The molecule has 0 amide bonds. The van der Waals surface area contributed by atoms with E-state index in [0.29, 0.717) is 4.90 Å². The van der Waals surface area contributed by atoms with Gasteiger partial charge in [0.05, 0.1) is 10.9 Å². The summed E-state index contributed by atoms with van der Waals surface area (Å²) in [7, 11) is -3.52. The van der Waals surface area contributed by atoms with Crippen LogP contribution in [0.1, 0.15) is 22.2 Å². The molecule has 2 aromatic heterocycles. The number of nitrogens with one attached hydrogen (secondary N) is 1. The highest BCUT2D eigenvalue weighted by Gasteiger charge is 2.22. The molecule has 0 aliphatic rings. The topological polar surface area (TPSA) is 46.2 Å². The van der Waals surface area contributed by atoms with Crippen molar-refractivity contribution in [2.45, 2.75) is 23.8 Å². The van der Waals surface area contributed by atoms with Crippen LogP contribution < -0.4 is 4.72 Å². The molecule has 0 spiro atoms. The van der Waals surface area contributed by atoms with Gasteiger partial charge in [0, 0.05) is 9.75 Å². The molecule has 120 valence electrons. The lowest BCUT2D eigenvalue weighted by atomic mass is 10.1. The van der Waals surface area contributed by atoms with Gasteiger partial charge in [-0.3, -0.25) is 0 Å². The fraction of sp³-hybridized carbons (Fsp3) is 0.176. The lowest BCUT2D eigenvalue weighted by Gasteiger charge is -2.17. The van der Waals surface area contributed by atoms with Crippen molar-refractivity contribution in [3.05, 3.63) is 75.1 Å². The van der Waals surface area contributed by atoms with Crippen molar-refractivity contribution in [1.29, 1.82) is 0 Å². The van der Waals surface area contributed by atoms with E-state index in [9.17, 15) is 8.42 Å². The average molecular weight is 364 g/mol. The molecule has 0 bridgehead atoms. The predicted octanol–water partition coefficient (Wildman–Crippen LogP) is 4.46. The van der Waals surface area contributed by atoms with E-state index in [4.69, 9.17) is 0 Å². The Morgan fingerprint density at radius 2 is 1.65 bits per heavy atom. The minimum atomic E-state index is -3.52. The summed E-state index contributed by atoms with van der Waals surface area (Å²) in [5, 5.41) is 4.02. The molecule has 0 saturated heterocycles. The first-order valence-corrected chi connectivity index (χ1v) is 10.5. The van der Waals surface area contributed by atoms with Gasteiger partial charge in [0.15, 0.2) is 0 Å². The molecule has 2 heterocycles. The molecule has 1 aromatic carbocycles. The molecule has 0 aliphatic carbocycles. The van der Waals surface area contributed by atoms with Gasteiger partial charge in [-0.15, -0.1) is 22.7 Å². The molecule has 1 N–H and O–H groups in total. The summed E-state index contributed by atoms with van der Waals surface area (Å²) in [5.41, 5.74) is 0. The maximum absolute atomic E-state index is 12.6. The molecule has 0 fully saturated rings. The second kappa shape index (κ2) is 7.40. The van der Waals surface area contributed by atoms with Gasteiger partial charge in [0.2, 0.25) is 10.0 Å². The Morgan fingerprint density at radius 3 is 2.30 bits per heavy atom. The van der Waals surface area contributed by atoms with E-state index in [1.807, 2.05) is 35.0 Å². The van der Waals surface area contributed by atoms with Crippen LogP contribution in [-0.2, 0) is 16.4 Å². The molecule has 3 rings (SSSR count). The lowest BCUT2D eigenvalue weighted by molar-refractivity contribution is 0.544. The van der Waals surface area contributed by atoms with Gasteiger partial charge in [-0.1, -0.05) is 30.3 Å². The van der Waals surface area contributed by atoms with Crippen LogP contribution in [0.25, 0.3) is 0 Å². The van der Waals surface area contributed by atoms with Crippen LogP contribution in [0.2, 0.25) is 0 Å². The number of benzene rings is 1. The third-order valence-corrected chi connectivity index (χ3v) is 6.91. The summed E-state index contributed by atoms with van der Waals surface area (Å²) in [5.74, 6) is 0. The third-order valence-electron chi connectivity index (χ3n) is 3.50. The quantitative estimate of drug-likeness (QED) is 0.673. The largest absolute Gasteiger partial charge is 0.241 e.